The van der Waals surface area contributed by atoms with Crippen molar-refractivity contribution < 1.29 is 0 Å². The summed E-state index contributed by atoms with van der Waals surface area (Å²) in [4.78, 5) is 0. The zero-order valence-corrected chi connectivity index (χ0v) is 13.2. The van der Waals surface area contributed by atoms with Crippen LogP contribution in [0.25, 0.3) is 0 Å². The molecule has 1 atom stereocenters. The molecule has 21 heavy (non-hydrogen) atoms. The van der Waals surface area contributed by atoms with Gasteiger partial charge in [-0.15, -0.1) is 0 Å². The van der Waals surface area contributed by atoms with Gasteiger partial charge in [-0.3, -0.25) is 0 Å². The lowest BCUT2D eigenvalue weighted by atomic mass is 9.61. The van der Waals surface area contributed by atoms with E-state index in [-0.39, 0.29) is 16.9 Å². The van der Waals surface area contributed by atoms with Crippen LogP contribution in [0.4, 0.5) is 0 Å². The van der Waals surface area contributed by atoms with Gasteiger partial charge < -0.3 is 11.5 Å². The van der Waals surface area contributed by atoms with E-state index in [1.165, 1.54) is 11.1 Å². The van der Waals surface area contributed by atoms with E-state index in [1.807, 2.05) is 12.1 Å². The number of rotatable bonds is 5. The molecule has 0 heterocycles. The maximum Gasteiger partial charge on any atom is 0.0367 e. The molecule has 112 valence electrons. The fourth-order valence-corrected chi connectivity index (χ4v) is 3.19. The molecule has 2 aromatic carbocycles. The summed E-state index contributed by atoms with van der Waals surface area (Å²) in [6, 6.07) is 21.0. The SMILES string of the molecule is CC(C(C)(C)N)C(CN)(c1ccccc1)c1ccccc1. The third-order valence-electron chi connectivity index (χ3n) is 4.76. The zero-order chi connectivity index (χ0) is 15.5. The van der Waals surface area contributed by atoms with Gasteiger partial charge in [-0.25, -0.2) is 0 Å². The van der Waals surface area contributed by atoms with Crippen molar-refractivity contribution >= 4 is 0 Å². The number of nitrogens with two attached hydrogens (primary N) is 2. The van der Waals surface area contributed by atoms with Crippen LogP contribution in [-0.4, -0.2) is 12.1 Å². The van der Waals surface area contributed by atoms with Crippen molar-refractivity contribution in [2.75, 3.05) is 6.54 Å². The summed E-state index contributed by atoms with van der Waals surface area (Å²) in [5.74, 6) is 0.194. The summed E-state index contributed by atoms with van der Waals surface area (Å²) in [6.45, 7) is 6.89. The van der Waals surface area contributed by atoms with Crippen LogP contribution < -0.4 is 11.5 Å². The van der Waals surface area contributed by atoms with Crippen molar-refractivity contribution in [3.05, 3.63) is 71.8 Å². The van der Waals surface area contributed by atoms with Gasteiger partial charge >= 0.3 is 0 Å². The van der Waals surface area contributed by atoms with E-state index < -0.39 is 0 Å². The van der Waals surface area contributed by atoms with E-state index in [2.05, 4.69) is 69.3 Å². The Kier molecular flexibility index (Phi) is 4.50. The van der Waals surface area contributed by atoms with Gasteiger partial charge in [0.1, 0.15) is 0 Å². The molecular weight excluding hydrogens is 256 g/mol. The Morgan fingerprint density at radius 3 is 1.52 bits per heavy atom. The van der Waals surface area contributed by atoms with E-state index in [9.17, 15) is 0 Å². The first kappa shape index (κ1) is 15.7. The zero-order valence-electron chi connectivity index (χ0n) is 13.2. The van der Waals surface area contributed by atoms with Gasteiger partial charge in [0.05, 0.1) is 0 Å². The fourth-order valence-electron chi connectivity index (χ4n) is 3.19. The van der Waals surface area contributed by atoms with Gasteiger partial charge in [-0.05, 0) is 30.9 Å². The summed E-state index contributed by atoms with van der Waals surface area (Å²) in [5.41, 5.74) is 14.6. The Hall–Kier alpha value is -1.64. The second-order valence-corrected chi connectivity index (χ2v) is 6.45. The molecule has 0 fully saturated rings. The largest absolute Gasteiger partial charge is 0.329 e. The van der Waals surface area contributed by atoms with E-state index in [0.29, 0.717) is 6.54 Å². The Balaban J connectivity index is 2.69. The molecule has 0 aromatic heterocycles. The first-order chi connectivity index (χ1) is 9.93. The highest BCUT2D eigenvalue weighted by Gasteiger charge is 2.43. The summed E-state index contributed by atoms with van der Waals surface area (Å²) < 4.78 is 0. The predicted molar refractivity (Wildman–Crippen MR) is 90.1 cm³/mol. The molecule has 0 bridgehead atoms. The van der Waals surface area contributed by atoms with Crippen molar-refractivity contribution in [1.82, 2.24) is 0 Å². The number of benzene rings is 2. The lowest BCUT2D eigenvalue weighted by molar-refractivity contribution is 0.232. The van der Waals surface area contributed by atoms with Crippen molar-refractivity contribution in [2.45, 2.75) is 31.7 Å². The lowest BCUT2D eigenvalue weighted by Crippen LogP contribution is -2.54. The summed E-state index contributed by atoms with van der Waals surface area (Å²) in [5, 5.41) is 0. The predicted octanol–water partition coefficient (Wildman–Crippen LogP) is 3.30. The van der Waals surface area contributed by atoms with Crippen LogP contribution in [0, 0.1) is 5.92 Å². The van der Waals surface area contributed by atoms with Gasteiger partial charge in [0.2, 0.25) is 0 Å². The van der Waals surface area contributed by atoms with E-state index in [0.717, 1.165) is 0 Å². The second-order valence-electron chi connectivity index (χ2n) is 6.45. The van der Waals surface area contributed by atoms with E-state index in [4.69, 9.17) is 11.5 Å². The summed E-state index contributed by atoms with van der Waals surface area (Å²) >= 11 is 0. The molecule has 2 heteroatoms. The first-order valence-electron chi connectivity index (χ1n) is 7.53. The van der Waals surface area contributed by atoms with E-state index in [1.54, 1.807) is 0 Å². The molecule has 0 saturated carbocycles. The van der Waals surface area contributed by atoms with Crippen LogP contribution in [0.15, 0.2) is 60.7 Å². The van der Waals surface area contributed by atoms with Gasteiger partial charge in [-0.1, -0.05) is 67.6 Å². The first-order valence-corrected chi connectivity index (χ1v) is 7.53. The van der Waals surface area contributed by atoms with Gasteiger partial charge in [0.15, 0.2) is 0 Å². The van der Waals surface area contributed by atoms with Gasteiger partial charge in [-0.2, -0.15) is 0 Å². The molecule has 0 aliphatic rings. The van der Waals surface area contributed by atoms with Crippen LogP contribution in [-0.2, 0) is 5.41 Å². The highest BCUT2D eigenvalue weighted by atomic mass is 14.8. The molecule has 0 amide bonds. The average molecular weight is 282 g/mol. The monoisotopic (exact) mass is 282 g/mol. The van der Waals surface area contributed by atoms with Gasteiger partial charge in [0, 0.05) is 17.5 Å². The Labute approximate surface area is 128 Å². The fraction of sp³-hybridized carbons (Fsp3) is 0.368. The molecule has 0 saturated heterocycles. The van der Waals surface area contributed by atoms with Crippen LogP contribution in [0.1, 0.15) is 31.9 Å². The van der Waals surface area contributed by atoms with E-state index >= 15 is 0 Å². The molecular formula is C19H26N2. The van der Waals surface area contributed by atoms with Crippen LogP contribution in [0.2, 0.25) is 0 Å². The quantitative estimate of drug-likeness (QED) is 0.884. The van der Waals surface area contributed by atoms with Gasteiger partial charge in [0.25, 0.3) is 0 Å². The highest BCUT2D eigenvalue weighted by Crippen LogP contribution is 2.42. The van der Waals surface area contributed by atoms with Crippen molar-refractivity contribution in [3.63, 3.8) is 0 Å². The average Bonchev–Trinajstić information content (AvgIpc) is 2.50. The van der Waals surface area contributed by atoms with Crippen molar-refractivity contribution in [3.8, 4) is 0 Å². The molecule has 2 aromatic rings. The molecule has 0 aliphatic carbocycles. The Morgan fingerprint density at radius 2 is 1.24 bits per heavy atom. The molecule has 0 radical (unpaired) electrons. The summed E-state index contributed by atoms with van der Waals surface area (Å²) in [7, 11) is 0. The maximum absolute atomic E-state index is 6.46. The van der Waals surface area contributed by atoms with Crippen molar-refractivity contribution in [1.29, 1.82) is 0 Å². The Bertz CT molecular complexity index is 516. The van der Waals surface area contributed by atoms with Crippen LogP contribution in [0.3, 0.4) is 0 Å². The second kappa shape index (κ2) is 6.00. The number of hydrogen-bond donors (Lipinski definition) is 2. The molecule has 0 spiro atoms. The smallest absolute Gasteiger partial charge is 0.0367 e. The minimum atomic E-state index is -0.328. The normalized spacial score (nSPS) is 14.0. The minimum Gasteiger partial charge on any atom is -0.329 e. The van der Waals surface area contributed by atoms with Crippen LogP contribution in [0.5, 0.6) is 0 Å². The molecule has 4 N–H and O–H groups in total. The third-order valence-corrected chi connectivity index (χ3v) is 4.76. The molecule has 0 aliphatic heterocycles. The summed E-state index contributed by atoms with van der Waals surface area (Å²) in [6.07, 6.45) is 0. The van der Waals surface area contributed by atoms with Crippen LogP contribution >= 0.6 is 0 Å². The number of hydrogen-bond acceptors (Lipinski definition) is 2. The molecule has 2 rings (SSSR count). The topological polar surface area (TPSA) is 52.0 Å². The molecule has 1 unspecified atom stereocenters. The third kappa shape index (κ3) is 2.87. The standard InChI is InChI=1S/C19H26N2/c1-15(18(2,3)21)19(14-20,16-10-6-4-7-11-16)17-12-8-5-9-13-17/h4-13,15H,14,20-21H2,1-3H3. The lowest BCUT2D eigenvalue weighted by Gasteiger charge is -2.45. The minimum absolute atomic E-state index is 0.194. The molecule has 2 nitrogen and oxygen atoms in total. The Morgan fingerprint density at radius 1 is 0.857 bits per heavy atom. The maximum atomic E-state index is 6.46. The van der Waals surface area contributed by atoms with Crippen molar-refractivity contribution in [2.24, 2.45) is 17.4 Å². The highest BCUT2D eigenvalue weighted by molar-refractivity contribution is 5.41.